The van der Waals surface area contributed by atoms with Crippen LogP contribution in [0.5, 0.6) is 0 Å². The third-order valence-electron chi connectivity index (χ3n) is 4.58. The van der Waals surface area contributed by atoms with Crippen molar-refractivity contribution in [2.75, 3.05) is 0 Å². The van der Waals surface area contributed by atoms with Gasteiger partial charge in [-0.05, 0) is 49.3 Å². The van der Waals surface area contributed by atoms with E-state index < -0.39 is 17.3 Å². The zero-order chi connectivity index (χ0) is 14.8. The van der Waals surface area contributed by atoms with E-state index in [1.807, 2.05) is 0 Å². The first-order valence-electron chi connectivity index (χ1n) is 7.06. The van der Waals surface area contributed by atoms with Crippen molar-refractivity contribution in [1.29, 1.82) is 5.26 Å². The Morgan fingerprint density at radius 2 is 2.15 bits per heavy atom. The SMILES string of the molecule is CCC1CCC(C#N)(C(O)c2ccc(Cl)c(F)c2)CC1. The van der Waals surface area contributed by atoms with Gasteiger partial charge in [0.05, 0.1) is 22.6 Å². The van der Waals surface area contributed by atoms with Crippen molar-refractivity contribution in [1.82, 2.24) is 0 Å². The van der Waals surface area contributed by atoms with E-state index in [1.54, 1.807) is 6.07 Å². The molecular formula is C16H19ClFNO. The van der Waals surface area contributed by atoms with E-state index in [2.05, 4.69) is 13.0 Å². The Kier molecular flexibility index (Phi) is 4.67. The van der Waals surface area contributed by atoms with Crippen molar-refractivity contribution in [2.45, 2.75) is 45.1 Å². The predicted octanol–water partition coefficient (Wildman–Crippen LogP) is 4.62. The van der Waals surface area contributed by atoms with Crippen LogP contribution in [-0.2, 0) is 0 Å². The van der Waals surface area contributed by atoms with Gasteiger partial charge in [-0.2, -0.15) is 5.26 Å². The molecule has 1 N–H and O–H groups in total. The first kappa shape index (κ1) is 15.3. The molecule has 1 unspecified atom stereocenters. The van der Waals surface area contributed by atoms with Crippen molar-refractivity contribution < 1.29 is 9.50 Å². The van der Waals surface area contributed by atoms with Crippen molar-refractivity contribution in [3.63, 3.8) is 0 Å². The van der Waals surface area contributed by atoms with Gasteiger partial charge in [-0.1, -0.05) is 31.0 Å². The second-order valence-electron chi connectivity index (χ2n) is 5.70. The van der Waals surface area contributed by atoms with E-state index in [0.29, 0.717) is 24.3 Å². The van der Waals surface area contributed by atoms with Crippen LogP contribution in [0.2, 0.25) is 5.02 Å². The first-order valence-corrected chi connectivity index (χ1v) is 7.44. The Morgan fingerprint density at radius 3 is 2.65 bits per heavy atom. The number of aliphatic hydroxyl groups excluding tert-OH is 1. The summed E-state index contributed by atoms with van der Waals surface area (Å²) in [5.74, 6) is 0.0733. The fraction of sp³-hybridized carbons (Fsp3) is 0.562. The average Bonchev–Trinajstić information content (AvgIpc) is 2.49. The molecule has 1 aliphatic carbocycles. The number of hydrogen-bond donors (Lipinski definition) is 1. The Balaban J connectivity index is 2.23. The summed E-state index contributed by atoms with van der Waals surface area (Å²) in [7, 11) is 0. The van der Waals surface area contributed by atoms with Crippen molar-refractivity contribution in [3.8, 4) is 6.07 Å². The van der Waals surface area contributed by atoms with E-state index in [4.69, 9.17) is 11.6 Å². The standard InChI is InChI=1S/C16H19ClFNO/c1-2-11-5-7-16(10-19,8-6-11)15(20)12-3-4-13(17)14(18)9-12/h3-4,9,11,15,20H,2,5-8H2,1H3. The third kappa shape index (κ3) is 2.82. The van der Waals surface area contributed by atoms with Gasteiger partial charge < -0.3 is 5.11 Å². The van der Waals surface area contributed by atoms with Gasteiger partial charge in [0, 0.05) is 0 Å². The molecule has 1 aromatic rings. The summed E-state index contributed by atoms with van der Waals surface area (Å²) in [6.45, 7) is 2.15. The van der Waals surface area contributed by atoms with Crippen LogP contribution in [0.25, 0.3) is 0 Å². The molecule has 2 rings (SSSR count). The summed E-state index contributed by atoms with van der Waals surface area (Å²) in [6, 6.07) is 6.55. The van der Waals surface area contributed by atoms with E-state index >= 15 is 0 Å². The summed E-state index contributed by atoms with van der Waals surface area (Å²) < 4.78 is 13.5. The van der Waals surface area contributed by atoms with Gasteiger partial charge >= 0.3 is 0 Å². The topological polar surface area (TPSA) is 44.0 Å². The zero-order valence-electron chi connectivity index (χ0n) is 11.6. The number of nitrogens with zero attached hydrogens (tertiary/aromatic N) is 1. The second-order valence-corrected chi connectivity index (χ2v) is 6.10. The second kappa shape index (κ2) is 6.11. The van der Waals surface area contributed by atoms with Gasteiger partial charge in [0.15, 0.2) is 0 Å². The van der Waals surface area contributed by atoms with Crippen LogP contribution < -0.4 is 0 Å². The highest BCUT2D eigenvalue weighted by Crippen LogP contribution is 2.47. The minimum absolute atomic E-state index is 0.0293. The lowest BCUT2D eigenvalue weighted by Gasteiger charge is -2.38. The van der Waals surface area contributed by atoms with Crippen LogP contribution in [-0.4, -0.2) is 5.11 Å². The Hall–Kier alpha value is -1.11. The minimum atomic E-state index is -0.961. The Labute approximate surface area is 124 Å². The molecule has 2 nitrogen and oxygen atoms in total. The highest BCUT2D eigenvalue weighted by molar-refractivity contribution is 6.30. The van der Waals surface area contributed by atoms with Gasteiger partial charge in [0.1, 0.15) is 5.82 Å². The lowest BCUT2D eigenvalue weighted by atomic mass is 9.66. The molecule has 0 aliphatic heterocycles. The maximum absolute atomic E-state index is 13.5. The maximum atomic E-state index is 13.5. The average molecular weight is 296 g/mol. The molecule has 1 atom stereocenters. The highest BCUT2D eigenvalue weighted by atomic mass is 35.5. The number of benzene rings is 1. The van der Waals surface area contributed by atoms with Gasteiger partial charge in [0.25, 0.3) is 0 Å². The molecule has 108 valence electrons. The molecule has 4 heteroatoms. The maximum Gasteiger partial charge on any atom is 0.142 e. The van der Waals surface area contributed by atoms with E-state index in [0.717, 1.165) is 19.3 Å². The summed E-state index contributed by atoms with van der Waals surface area (Å²) in [5.41, 5.74) is -0.366. The van der Waals surface area contributed by atoms with Gasteiger partial charge in [-0.25, -0.2) is 4.39 Å². The monoisotopic (exact) mass is 295 g/mol. The van der Waals surface area contributed by atoms with Crippen molar-refractivity contribution in [2.24, 2.45) is 11.3 Å². The molecule has 1 aliphatic rings. The lowest BCUT2D eigenvalue weighted by molar-refractivity contribution is 0.0241. The fourth-order valence-electron chi connectivity index (χ4n) is 3.05. The van der Waals surface area contributed by atoms with Crippen LogP contribution in [0.4, 0.5) is 4.39 Å². The number of nitriles is 1. The number of halogens is 2. The van der Waals surface area contributed by atoms with E-state index in [9.17, 15) is 14.8 Å². The van der Waals surface area contributed by atoms with Crippen LogP contribution in [0, 0.1) is 28.5 Å². The molecule has 0 heterocycles. The largest absolute Gasteiger partial charge is 0.387 e. The molecule has 20 heavy (non-hydrogen) atoms. The van der Waals surface area contributed by atoms with Gasteiger partial charge in [-0.3, -0.25) is 0 Å². The van der Waals surface area contributed by atoms with Crippen LogP contribution >= 0.6 is 11.6 Å². The summed E-state index contributed by atoms with van der Waals surface area (Å²) in [5, 5.41) is 20.1. The third-order valence-corrected chi connectivity index (χ3v) is 4.89. The van der Waals surface area contributed by atoms with Crippen molar-refractivity contribution >= 4 is 11.6 Å². The lowest BCUT2D eigenvalue weighted by Crippen LogP contribution is -2.32. The number of rotatable bonds is 3. The number of hydrogen-bond acceptors (Lipinski definition) is 2. The predicted molar refractivity (Wildman–Crippen MR) is 76.7 cm³/mol. The first-order chi connectivity index (χ1) is 9.52. The van der Waals surface area contributed by atoms with Crippen LogP contribution in [0.15, 0.2) is 18.2 Å². The fourth-order valence-corrected chi connectivity index (χ4v) is 3.17. The molecule has 1 saturated carbocycles. The molecule has 1 aromatic carbocycles. The molecular weight excluding hydrogens is 277 g/mol. The quantitative estimate of drug-likeness (QED) is 0.884. The molecule has 0 bridgehead atoms. The summed E-state index contributed by atoms with van der Waals surface area (Å²) >= 11 is 5.66. The Bertz CT molecular complexity index is 518. The Morgan fingerprint density at radius 1 is 1.50 bits per heavy atom. The molecule has 0 saturated heterocycles. The van der Waals surface area contributed by atoms with Gasteiger partial charge in [-0.15, -0.1) is 0 Å². The van der Waals surface area contributed by atoms with E-state index in [1.165, 1.54) is 12.1 Å². The van der Waals surface area contributed by atoms with Crippen LogP contribution in [0.3, 0.4) is 0 Å². The minimum Gasteiger partial charge on any atom is -0.387 e. The smallest absolute Gasteiger partial charge is 0.142 e. The summed E-state index contributed by atoms with van der Waals surface area (Å²) in [4.78, 5) is 0. The van der Waals surface area contributed by atoms with Crippen molar-refractivity contribution in [3.05, 3.63) is 34.6 Å². The number of aliphatic hydroxyl groups is 1. The summed E-state index contributed by atoms with van der Waals surface area (Å²) in [6.07, 6.45) is 3.35. The molecule has 1 fully saturated rings. The normalized spacial score (nSPS) is 27.9. The molecule has 0 amide bonds. The molecule has 0 radical (unpaired) electrons. The zero-order valence-corrected chi connectivity index (χ0v) is 12.3. The van der Waals surface area contributed by atoms with Crippen LogP contribution in [0.1, 0.15) is 50.7 Å². The van der Waals surface area contributed by atoms with Gasteiger partial charge in [0.2, 0.25) is 0 Å². The highest BCUT2D eigenvalue weighted by Gasteiger charge is 2.42. The molecule has 0 spiro atoms. The molecule has 0 aromatic heterocycles. The van der Waals surface area contributed by atoms with E-state index in [-0.39, 0.29) is 5.02 Å².